The van der Waals surface area contributed by atoms with E-state index in [4.69, 9.17) is 4.74 Å². The van der Waals surface area contributed by atoms with E-state index in [0.29, 0.717) is 32.0 Å². The number of hydrogen-bond acceptors (Lipinski definition) is 3. The molecule has 0 aromatic rings. The molecule has 1 atom stereocenters. The summed E-state index contributed by atoms with van der Waals surface area (Å²) >= 11 is 0. The van der Waals surface area contributed by atoms with Crippen molar-refractivity contribution in [1.29, 1.82) is 0 Å². The van der Waals surface area contributed by atoms with Gasteiger partial charge in [0.2, 0.25) is 5.91 Å². The van der Waals surface area contributed by atoms with E-state index in [1.807, 2.05) is 0 Å². The molecule has 19 heavy (non-hydrogen) atoms. The Morgan fingerprint density at radius 1 is 1.37 bits per heavy atom. The van der Waals surface area contributed by atoms with Crippen molar-refractivity contribution in [3.8, 4) is 0 Å². The first-order valence-corrected chi connectivity index (χ1v) is 7.05. The molecule has 2 rings (SSSR count). The number of hydrogen-bond donors (Lipinski definition) is 1. The summed E-state index contributed by atoms with van der Waals surface area (Å²) in [6.07, 6.45) is 2.53. The maximum Gasteiger partial charge on any atom is 0.250 e. The molecule has 1 saturated carbocycles. The van der Waals surface area contributed by atoms with Crippen molar-refractivity contribution in [2.24, 2.45) is 11.3 Å². The van der Waals surface area contributed by atoms with Crippen LogP contribution in [0.25, 0.3) is 0 Å². The number of likely N-dealkylation sites (N-methyl/N-ethyl adjacent to an activating group) is 1. The number of carbonyl (C=O) groups excluding carboxylic acids is 2. The van der Waals surface area contributed by atoms with Gasteiger partial charge in [-0.2, -0.15) is 0 Å². The van der Waals surface area contributed by atoms with Gasteiger partial charge >= 0.3 is 0 Å². The molecule has 5 nitrogen and oxygen atoms in total. The van der Waals surface area contributed by atoms with E-state index in [1.165, 1.54) is 12.8 Å². The van der Waals surface area contributed by atoms with Gasteiger partial charge in [-0.1, -0.05) is 13.8 Å². The third-order valence-electron chi connectivity index (χ3n) is 4.25. The topological polar surface area (TPSA) is 58.6 Å². The van der Waals surface area contributed by atoms with Gasteiger partial charge in [0, 0.05) is 20.0 Å². The zero-order valence-electron chi connectivity index (χ0n) is 12.1. The molecule has 1 aliphatic carbocycles. The first-order chi connectivity index (χ1) is 8.94. The van der Waals surface area contributed by atoms with Crippen molar-refractivity contribution in [2.75, 3.05) is 26.7 Å². The van der Waals surface area contributed by atoms with Crippen molar-refractivity contribution < 1.29 is 14.3 Å². The lowest BCUT2D eigenvalue weighted by atomic mass is 9.83. The lowest BCUT2D eigenvalue weighted by molar-refractivity contribution is -0.148. The minimum absolute atomic E-state index is 0.0812. The molecule has 0 spiro atoms. The van der Waals surface area contributed by atoms with Crippen LogP contribution >= 0.6 is 0 Å². The summed E-state index contributed by atoms with van der Waals surface area (Å²) in [4.78, 5) is 25.7. The largest absolute Gasteiger partial charge is 0.365 e. The number of ether oxygens (including phenoxy) is 1. The molecule has 108 valence electrons. The number of nitrogens with zero attached hydrogens (tertiary/aromatic N) is 1. The van der Waals surface area contributed by atoms with Crippen molar-refractivity contribution in [3.63, 3.8) is 0 Å². The minimum atomic E-state index is -0.522. The van der Waals surface area contributed by atoms with Gasteiger partial charge in [-0.25, -0.2) is 0 Å². The van der Waals surface area contributed by atoms with Crippen LogP contribution < -0.4 is 5.32 Å². The summed E-state index contributed by atoms with van der Waals surface area (Å²) < 4.78 is 5.40. The average Bonchev–Trinajstić information content (AvgIpc) is 3.22. The van der Waals surface area contributed by atoms with E-state index in [-0.39, 0.29) is 17.2 Å². The molecule has 1 aliphatic heterocycles. The Morgan fingerprint density at radius 2 is 2.05 bits per heavy atom. The van der Waals surface area contributed by atoms with E-state index in [0.717, 1.165) is 0 Å². The number of carbonyl (C=O) groups is 2. The van der Waals surface area contributed by atoms with Crippen LogP contribution in [0.5, 0.6) is 0 Å². The fourth-order valence-corrected chi connectivity index (χ4v) is 2.71. The second-order valence-electron chi connectivity index (χ2n) is 6.25. The molecule has 0 aromatic carbocycles. The quantitative estimate of drug-likeness (QED) is 0.820. The van der Waals surface area contributed by atoms with Crippen molar-refractivity contribution in [1.82, 2.24) is 10.2 Å². The molecular formula is C14H24N2O3. The van der Waals surface area contributed by atoms with Gasteiger partial charge in [-0.15, -0.1) is 0 Å². The zero-order chi connectivity index (χ0) is 14.0. The molecule has 1 heterocycles. The molecule has 1 unspecified atom stereocenters. The van der Waals surface area contributed by atoms with E-state index in [2.05, 4.69) is 19.2 Å². The monoisotopic (exact) mass is 268 g/mol. The third-order valence-corrected chi connectivity index (χ3v) is 4.25. The van der Waals surface area contributed by atoms with Crippen LogP contribution in [-0.4, -0.2) is 49.6 Å². The first-order valence-electron chi connectivity index (χ1n) is 7.05. The Bertz CT molecular complexity index is 364. The molecule has 0 radical (unpaired) electrons. The lowest BCUT2D eigenvalue weighted by Crippen LogP contribution is -2.51. The lowest BCUT2D eigenvalue weighted by Gasteiger charge is -2.34. The fourth-order valence-electron chi connectivity index (χ4n) is 2.71. The van der Waals surface area contributed by atoms with E-state index in [1.54, 1.807) is 11.9 Å². The highest BCUT2D eigenvalue weighted by Gasteiger charge is 2.40. The SMILES string of the molecule is CNC(=O)C1CN(C(=O)CC(C)(C)C2CC2)CCO1. The predicted octanol–water partition coefficient (Wildman–Crippen LogP) is 0.786. The Hall–Kier alpha value is -1.10. The molecular weight excluding hydrogens is 244 g/mol. The number of amides is 2. The van der Waals surface area contributed by atoms with Gasteiger partial charge < -0.3 is 15.0 Å². The van der Waals surface area contributed by atoms with Gasteiger partial charge in [0.1, 0.15) is 0 Å². The van der Waals surface area contributed by atoms with Crippen LogP contribution in [0.2, 0.25) is 0 Å². The van der Waals surface area contributed by atoms with Crippen molar-refractivity contribution in [3.05, 3.63) is 0 Å². The molecule has 2 fully saturated rings. The molecule has 2 amide bonds. The van der Waals surface area contributed by atoms with Crippen LogP contribution in [0.3, 0.4) is 0 Å². The second-order valence-corrected chi connectivity index (χ2v) is 6.25. The maximum atomic E-state index is 12.3. The van der Waals surface area contributed by atoms with Crippen molar-refractivity contribution >= 4 is 11.8 Å². The van der Waals surface area contributed by atoms with Gasteiger partial charge in [0.15, 0.2) is 6.10 Å². The summed E-state index contributed by atoms with van der Waals surface area (Å²) in [5.41, 5.74) is 0.0812. The highest BCUT2D eigenvalue weighted by Crippen LogP contribution is 2.47. The molecule has 2 aliphatic rings. The van der Waals surface area contributed by atoms with Crippen molar-refractivity contribution in [2.45, 2.75) is 39.2 Å². The molecule has 1 saturated heterocycles. The van der Waals surface area contributed by atoms with E-state index >= 15 is 0 Å². The molecule has 1 N–H and O–H groups in total. The van der Waals surface area contributed by atoms with Gasteiger partial charge in [-0.3, -0.25) is 9.59 Å². The Labute approximate surface area is 114 Å². The Morgan fingerprint density at radius 3 is 2.63 bits per heavy atom. The van der Waals surface area contributed by atoms with Crippen LogP contribution in [0, 0.1) is 11.3 Å². The number of nitrogens with one attached hydrogen (secondary N) is 1. The predicted molar refractivity (Wildman–Crippen MR) is 71.5 cm³/mol. The average molecular weight is 268 g/mol. The molecule has 0 aromatic heterocycles. The highest BCUT2D eigenvalue weighted by molar-refractivity contribution is 5.83. The zero-order valence-corrected chi connectivity index (χ0v) is 12.1. The number of rotatable bonds is 4. The number of morpholine rings is 1. The van der Waals surface area contributed by atoms with E-state index < -0.39 is 6.10 Å². The standard InChI is InChI=1S/C14H24N2O3/c1-14(2,10-4-5-10)8-12(17)16-6-7-19-11(9-16)13(18)15-3/h10-11H,4-9H2,1-3H3,(H,15,18). The van der Waals surface area contributed by atoms with E-state index in [9.17, 15) is 9.59 Å². The Balaban J connectivity index is 1.89. The second kappa shape index (κ2) is 5.49. The summed E-state index contributed by atoms with van der Waals surface area (Å²) in [6, 6.07) is 0. The summed E-state index contributed by atoms with van der Waals surface area (Å²) in [7, 11) is 1.59. The fraction of sp³-hybridized carbons (Fsp3) is 0.857. The van der Waals surface area contributed by atoms with Crippen LogP contribution in [0.15, 0.2) is 0 Å². The first kappa shape index (κ1) is 14.3. The highest BCUT2D eigenvalue weighted by atomic mass is 16.5. The van der Waals surface area contributed by atoms with Gasteiger partial charge in [-0.05, 0) is 24.2 Å². The minimum Gasteiger partial charge on any atom is -0.365 e. The van der Waals surface area contributed by atoms with Gasteiger partial charge in [0.25, 0.3) is 5.91 Å². The van der Waals surface area contributed by atoms with Crippen LogP contribution in [0.1, 0.15) is 33.1 Å². The smallest absolute Gasteiger partial charge is 0.250 e. The third kappa shape index (κ3) is 3.47. The molecule has 0 bridgehead atoms. The molecule has 5 heteroatoms. The Kier molecular flexibility index (Phi) is 4.13. The summed E-state index contributed by atoms with van der Waals surface area (Å²) in [6.45, 7) is 5.73. The van der Waals surface area contributed by atoms with Gasteiger partial charge in [0.05, 0.1) is 13.2 Å². The maximum absolute atomic E-state index is 12.3. The van der Waals surface area contributed by atoms with Crippen LogP contribution in [0.4, 0.5) is 0 Å². The summed E-state index contributed by atoms with van der Waals surface area (Å²) in [5.74, 6) is 0.681. The summed E-state index contributed by atoms with van der Waals surface area (Å²) in [5, 5.41) is 2.57. The van der Waals surface area contributed by atoms with Crippen LogP contribution in [-0.2, 0) is 14.3 Å². The normalized spacial score (nSPS) is 24.2.